The minimum atomic E-state index is -0.394. The number of nitrogens with zero attached hydrogens (tertiary/aromatic N) is 1. The first kappa shape index (κ1) is 23.1. The van der Waals surface area contributed by atoms with Gasteiger partial charge in [0.1, 0.15) is 0 Å². The van der Waals surface area contributed by atoms with Gasteiger partial charge in [0.2, 0.25) is 11.8 Å². The molecular formula is C27H25N3O4. The van der Waals surface area contributed by atoms with Crippen LogP contribution in [0.2, 0.25) is 0 Å². The van der Waals surface area contributed by atoms with Gasteiger partial charge in [0, 0.05) is 22.4 Å². The summed E-state index contributed by atoms with van der Waals surface area (Å²) in [6, 6.07) is 17.2. The van der Waals surface area contributed by atoms with Crippen LogP contribution < -0.4 is 10.6 Å². The van der Waals surface area contributed by atoms with Gasteiger partial charge in [-0.1, -0.05) is 48.5 Å². The highest BCUT2D eigenvalue weighted by molar-refractivity contribution is 6.30. The molecule has 0 heterocycles. The molecule has 0 spiro atoms. The molecule has 0 aliphatic heterocycles. The van der Waals surface area contributed by atoms with E-state index in [0.29, 0.717) is 11.1 Å². The third kappa shape index (κ3) is 4.51. The summed E-state index contributed by atoms with van der Waals surface area (Å²) in [5.74, 6) is -1.18. The van der Waals surface area contributed by atoms with Crippen molar-refractivity contribution in [2.75, 3.05) is 30.8 Å². The molecule has 3 aromatic rings. The Bertz CT molecular complexity index is 1330. The molecule has 4 rings (SSSR count). The molecule has 0 unspecified atom stereocenters. The average Bonchev–Trinajstić information content (AvgIpc) is 2.80. The molecule has 2 amide bonds. The molecule has 1 aliphatic carbocycles. The van der Waals surface area contributed by atoms with Crippen molar-refractivity contribution in [3.05, 3.63) is 94.0 Å². The Morgan fingerprint density at radius 3 is 1.91 bits per heavy atom. The number of ketones is 2. The van der Waals surface area contributed by atoms with Crippen molar-refractivity contribution < 1.29 is 19.2 Å². The van der Waals surface area contributed by atoms with Crippen molar-refractivity contribution >= 4 is 34.8 Å². The van der Waals surface area contributed by atoms with E-state index in [4.69, 9.17) is 0 Å². The van der Waals surface area contributed by atoms with E-state index >= 15 is 0 Å². The van der Waals surface area contributed by atoms with Crippen LogP contribution >= 0.6 is 0 Å². The van der Waals surface area contributed by atoms with Crippen LogP contribution in [0.3, 0.4) is 0 Å². The molecule has 172 valence electrons. The summed E-state index contributed by atoms with van der Waals surface area (Å²) in [5.41, 5.74) is 4.22. The number of nitrogens with one attached hydrogen (secondary N) is 2. The lowest BCUT2D eigenvalue weighted by Gasteiger charge is -2.21. The van der Waals surface area contributed by atoms with Crippen LogP contribution in [0.5, 0.6) is 0 Å². The van der Waals surface area contributed by atoms with Crippen LogP contribution in [-0.4, -0.2) is 48.4 Å². The van der Waals surface area contributed by atoms with Gasteiger partial charge < -0.3 is 10.6 Å². The molecule has 2 N–H and O–H groups in total. The number of amides is 2. The van der Waals surface area contributed by atoms with Gasteiger partial charge in [-0.3, -0.25) is 24.1 Å². The maximum absolute atomic E-state index is 13.1. The largest absolute Gasteiger partial charge is 0.325 e. The second-order valence-corrected chi connectivity index (χ2v) is 8.45. The number of hydrogen-bond acceptors (Lipinski definition) is 5. The summed E-state index contributed by atoms with van der Waals surface area (Å²) in [5, 5.41) is 5.61. The maximum atomic E-state index is 13.1. The predicted molar refractivity (Wildman–Crippen MR) is 130 cm³/mol. The van der Waals surface area contributed by atoms with E-state index in [1.165, 1.54) is 0 Å². The smallest absolute Gasteiger partial charge is 0.238 e. The zero-order valence-electron chi connectivity index (χ0n) is 19.3. The van der Waals surface area contributed by atoms with Gasteiger partial charge in [0.25, 0.3) is 0 Å². The van der Waals surface area contributed by atoms with E-state index in [2.05, 4.69) is 10.6 Å². The van der Waals surface area contributed by atoms with Crippen molar-refractivity contribution in [3.8, 4) is 0 Å². The van der Waals surface area contributed by atoms with E-state index in [1.54, 1.807) is 54.4 Å². The lowest BCUT2D eigenvalue weighted by Crippen LogP contribution is -2.36. The SMILES string of the molecule is Cc1cccc(NC(=O)CN(C)CC(=O)Nc2cccc3c2C(=O)c2ccccc2C3=O)c1C. The summed E-state index contributed by atoms with van der Waals surface area (Å²) in [6.07, 6.45) is 0. The number of carbonyl (C=O) groups is 4. The molecule has 0 aromatic heterocycles. The number of hydrogen-bond donors (Lipinski definition) is 2. The first-order valence-corrected chi connectivity index (χ1v) is 10.9. The standard InChI is InChI=1S/C27H25N3O4/c1-16-8-6-12-21(17(16)2)28-23(31)14-30(3)15-24(32)29-22-13-7-11-20-25(22)27(34)19-10-5-4-9-18(19)26(20)33/h4-13H,14-15H2,1-3H3,(H,28,31)(H,29,32). The fourth-order valence-corrected chi connectivity index (χ4v) is 4.06. The Labute approximate surface area is 197 Å². The van der Waals surface area contributed by atoms with Crippen molar-refractivity contribution in [3.63, 3.8) is 0 Å². The highest BCUT2D eigenvalue weighted by Crippen LogP contribution is 2.31. The summed E-state index contributed by atoms with van der Waals surface area (Å²) < 4.78 is 0. The number of benzene rings is 3. The van der Waals surface area contributed by atoms with Gasteiger partial charge >= 0.3 is 0 Å². The Morgan fingerprint density at radius 1 is 0.706 bits per heavy atom. The highest BCUT2D eigenvalue weighted by atomic mass is 16.2. The summed E-state index contributed by atoms with van der Waals surface area (Å²) >= 11 is 0. The molecule has 0 saturated carbocycles. The molecular weight excluding hydrogens is 430 g/mol. The minimum Gasteiger partial charge on any atom is -0.325 e. The fraction of sp³-hybridized carbons (Fsp3) is 0.185. The van der Waals surface area contributed by atoms with Gasteiger partial charge in [-0.05, 0) is 44.2 Å². The van der Waals surface area contributed by atoms with Gasteiger partial charge in [-0.15, -0.1) is 0 Å². The van der Waals surface area contributed by atoms with Crippen LogP contribution in [-0.2, 0) is 9.59 Å². The number of likely N-dealkylation sites (N-methyl/N-ethyl adjacent to an activating group) is 1. The quantitative estimate of drug-likeness (QED) is 0.463. The molecule has 0 saturated heterocycles. The van der Waals surface area contributed by atoms with E-state index in [9.17, 15) is 19.2 Å². The average molecular weight is 456 g/mol. The van der Waals surface area contributed by atoms with E-state index in [-0.39, 0.29) is 47.4 Å². The molecule has 0 fully saturated rings. The molecule has 34 heavy (non-hydrogen) atoms. The lowest BCUT2D eigenvalue weighted by molar-refractivity contribution is -0.119. The van der Waals surface area contributed by atoms with Crippen LogP contribution in [0, 0.1) is 13.8 Å². The first-order chi connectivity index (χ1) is 16.3. The van der Waals surface area contributed by atoms with E-state index in [1.807, 2.05) is 32.0 Å². The second-order valence-electron chi connectivity index (χ2n) is 8.45. The van der Waals surface area contributed by atoms with Gasteiger partial charge in [-0.2, -0.15) is 0 Å². The van der Waals surface area contributed by atoms with Crippen LogP contribution in [0.25, 0.3) is 0 Å². The van der Waals surface area contributed by atoms with Gasteiger partial charge in [0.05, 0.1) is 24.3 Å². The first-order valence-electron chi connectivity index (χ1n) is 10.9. The van der Waals surface area contributed by atoms with Gasteiger partial charge in [0.15, 0.2) is 11.6 Å². The number of aryl methyl sites for hydroxylation is 1. The second kappa shape index (κ2) is 9.41. The Kier molecular flexibility index (Phi) is 6.38. The van der Waals surface area contributed by atoms with Crippen molar-refractivity contribution in [1.29, 1.82) is 0 Å². The molecule has 7 nitrogen and oxygen atoms in total. The zero-order valence-corrected chi connectivity index (χ0v) is 19.3. The third-order valence-electron chi connectivity index (χ3n) is 5.93. The summed E-state index contributed by atoms with van der Waals surface area (Å²) in [4.78, 5) is 52.7. The molecule has 0 radical (unpaired) electrons. The molecule has 0 atom stereocenters. The van der Waals surface area contributed by atoms with Crippen molar-refractivity contribution in [1.82, 2.24) is 4.90 Å². The van der Waals surface area contributed by atoms with Crippen LogP contribution in [0.4, 0.5) is 11.4 Å². The molecule has 1 aliphatic rings. The third-order valence-corrected chi connectivity index (χ3v) is 5.93. The summed E-state index contributed by atoms with van der Waals surface area (Å²) in [6.45, 7) is 3.86. The van der Waals surface area contributed by atoms with Crippen LogP contribution in [0.15, 0.2) is 60.7 Å². The van der Waals surface area contributed by atoms with Gasteiger partial charge in [-0.25, -0.2) is 0 Å². The number of rotatable bonds is 6. The highest BCUT2D eigenvalue weighted by Gasteiger charge is 2.31. The number of anilines is 2. The Hall–Kier alpha value is -4.10. The zero-order chi connectivity index (χ0) is 24.4. The molecule has 0 bridgehead atoms. The van der Waals surface area contributed by atoms with Crippen LogP contribution in [0.1, 0.15) is 43.0 Å². The topological polar surface area (TPSA) is 95.6 Å². The van der Waals surface area contributed by atoms with E-state index in [0.717, 1.165) is 16.8 Å². The van der Waals surface area contributed by atoms with Crippen molar-refractivity contribution in [2.24, 2.45) is 0 Å². The van der Waals surface area contributed by atoms with Crippen molar-refractivity contribution in [2.45, 2.75) is 13.8 Å². The lowest BCUT2D eigenvalue weighted by atomic mass is 9.83. The minimum absolute atomic E-state index is 0.0124. The normalized spacial score (nSPS) is 12.2. The fourth-order valence-electron chi connectivity index (χ4n) is 4.06. The maximum Gasteiger partial charge on any atom is 0.238 e. The number of fused-ring (bicyclic) bond motifs is 2. The molecule has 7 heteroatoms. The van der Waals surface area contributed by atoms with E-state index < -0.39 is 5.91 Å². The Morgan fingerprint density at radius 2 is 1.24 bits per heavy atom. The predicted octanol–water partition coefficient (Wildman–Crippen LogP) is 3.59. The monoisotopic (exact) mass is 455 g/mol. The molecule has 3 aromatic carbocycles. The number of carbonyl (C=O) groups excluding carboxylic acids is 4. The Balaban J connectivity index is 1.43. The summed E-state index contributed by atoms with van der Waals surface area (Å²) in [7, 11) is 1.66.